The van der Waals surface area contributed by atoms with E-state index >= 15 is 0 Å². The van der Waals surface area contributed by atoms with Gasteiger partial charge in [0.05, 0.1) is 12.9 Å². The smallest absolute Gasteiger partial charge is 0.230 e. The fourth-order valence-electron chi connectivity index (χ4n) is 2.50. The van der Waals surface area contributed by atoms with Gasteiger partial charge in [0.15, 0.2) is 5.16 Å². The predicted octanol–water partition coefficient (Wildman–Crippen LogP) is 3.35. The molecule has 26 heavy (non-hydrogen) atoms. The number of carbonyl (C=O) groups excluding carboxylic acids is 1. The Bertz CT molecular complexity index is 849. The monoisotopic (exact) mass is 367 g/mol. The van der Waals surface area contributed by atoms with Gasteiger partial charge in [-0.05, 0) is 23.3 Å². The second-order valence-electron chi connectivity index (χ2n) is 5.74. The highest BCUT2D eigenvalue weighted by molar-refractivity contribution is 7.99. The summed E-state index contributed by atoms with van der Waals surface area (Å²) in [6.45, 7) is 1.23. The quantitative estimate of drug-likeness (QED) is 0.621. The molecule has 0 aliphatic heterocycles. The van der Waals surface area contributed by atoms with Crippen LogP contribution in [0.2, 0.25) is 0 Å². The molecule has 0 unspecified atom stereocenters. The maximum atomic E-state index is 12.1. The van der Waals surface area contributed by atoms with E-state index in [1.807, 2.05) is 48.7 Å². The summed E-state index contributed by atoms with van der Waals surface area (Å²) >= 11 is 1.44. The Morgan fingerprint density at radius 1 is 1.15 bits per heavy atom. The van der Waals surface area contributed by atoms with Crippen LogP contribution in [-0.4, -0.2) is 28.3 Å². The van der Waals surface area contributed by atoms with Gasteiger partial charge in [-0.25, -0.2) is 4.98 Å². The molecule has 1 aromatic heterocycles. The van der Waals surface area contributed by atoms with Crippen molar-refractivity contribution in [1.82, 2.24) is 14.9 Å². The molecule has 0 saturated carbocycles. The molecular formula is C20H21N3O2S. The number of carbonyl (C=O) groups is 1. The van der Waals surface area contributed by atoms with Crippen molar-refractivity contribution in [1.29, 1.82) is 0 Å². The van der Waals surface area contributed by atoms with Crippen molar-refractivity contribution >= 4 is 17.7 Å². The third-order valence-corrected chi connectivity index (χ3v) is 4.83. The van der Waals surface area contributed by atoms with Crippen LogP contribution in [0.1, 0.15) is 11.1 Å². The molecule has 1 amide bonds. The first-order chi connectivity index (χ1) is 12.7. The van der Waals surface area contributed by atoms with Gasteiger partial charge in [0.25, 0.3) is 0 Å². The van der Waals surface area contributed by atoms with Crippen molar-refractivity contribution in [2.45, 2.75) is 18.2 Å². The van der Waals surface area contributed by atoms with Crippen LogP contribution in [-0.2, 0) is 17.9 Å². The first-order valence-corrected chi connectivity index (χ1v) is 9.30. The van der Waals surface area contributed by atoms with E-state index in [4.69, 9.17) is 4.74 Å². The van der Waals surface area contributed by atoms with Crippen molar-refractivity contribution in [3.63, 3.8) is 0 Å². The maximum absolute atomic E-state index is 12.1. The summed E-state index contributed by atoms with van der Waals surface area (Å²) in [6.07, 6.45) is 3.70. The summed E-state index contributed by atoms with van der Waals surface area (Å²) in [5.74, 6) is 1.09. The van der Waals surface area contributed by atoms with Crippen molar-refractivity contribution < 1.29 is 9.53 Å². The molecule has 0 bridgehead atoms. The number of ether oxygens (including phenoxy) is 1. The molecule has 5 nitrogen and oxygen atoms in total. The largest absolute Gasteiger partial charge is 0.497 e. The van der Waals surface area contributed by atoms with Gasteiger partial charge in [-0.1, -0.05) is 54.2 Å². The van der Waals surface area contributed by atoms with Crippen molar-refractivity contribution in [2.24, 2.45) is 0 Å². The van der Waals surface area contributed by atoms with E-state index in [1.165, 1.54) is 17.3 Å². The number of amides is 1. The van der Waals surface area contributed by atoms with E-state index in [2.05, 4.69) is 27.0 Å². The van der Waals surface area contributed by atoms with Gasteiger partial charge in [0.2, 0.25) is 5.91 Å². The van der Waals surface area contributed by atoms with Crippen molar-refractivity contribution in [2.75, 3.05) is 12.9 Å². The Hall–Kier alpha value is -2.73. The van der Waals surface area contributed by atoms with E-state index in [-0.39, 0.29) is 5.91 Å². The molecule has 0 aliphatic carbocycles. The van der Waals surface area contributed by atoms with E-state index < -0.39 is 0 Å². The maximum Gasteiger partial charge on any atom is 0.230 e. The number of benzene rings is 2. The minimum atomic E-state index is -0.0212. The molecule has 0 aliphatic rings. The summed E-state index contributed by atoms with van der Waals surface area (Å²) in [4.78, 5) is 16.5. The standard InChI is InChI=1S/C20H21N3O2S/c1-25-18-9-5-8-17(12-18)13-22-19(24)15-26-20-21-10-11-23(20)14-16-6-3-2-4-7-16/h2-12H,13-15H2,1H3,(H,22,24). The van der Waals surface area contributed by atoms with E-state index in [1.54, 1.807) is 13.3 Å². The minimum Gasteiger partial charge on any atom is -0.497 e. The van der Waals surface area contributed by atoms with E-state index in [0.717, 1.165) is 23.0 Å². The Labute approximate surface area is 157 Å². The van der Waals surface area contributed by atoms with Crippen LogP contribution in [0.3, 0.4) is 0 Å². The summed E-state index contributed by atoms with van der Waals surface area (Å²) in [5, 5.41) is 3.77. The van der Waals surface area contributed by atoms with Crippen molar-refractivity contribution in [3.8, 4) is 5.75 Å². The third kappa shape index (κ3) is 5.13. The number of hydrogen-bond donors (Lipinski definition) is 1. The van der Waals surface area contributed by atoms with Gasteiger partial charge >= 0.3 is 0 Å². The van der Waals surface area contributed by atoms with Crippen LogP contribution in [0.5, 0.6) is 5.75 Å². The molecule has 134 valence electrons. The molecule has 6 heteroatoms. The second-order valence-corrected chi connectivity index (χ2v) is 6.68. The second kappa shape index (κ2) is 9.10. The lowest BCUT2D eigenvalue weighted by Gasteiger charge is -2.09. The molecule has 1 N–H and O–H groups in total. The van der Waals surface area contributed by atoms with Gasteiger partial charge in [0.1, 0.15) is 5.75 Å². The summed E-state index contributed by atoms with van der Waals surface area (Å²) < 4.78 is 7.24. The van der Waals surface area contributed by atoms with E-state index in [9.17, 15) is 4.79 Å². The van der Waals surface area contributed by atoms with Gasteiger partial charge in [-0.2, -0.15) is 0 Å². The number of imidazole rings is 1. The number of methoxy groups -OCH3 is 1. The molecule has 0 spiro atoms. The number of nitrogens with zero attached hydrogens (tertiary/aromatic N) is 2. The summed E-state index contributed by atoms with van der Waals surface area (Å²) in [5.41, 5.74) is 2.21. The highest BCUT2D eigenvalue weighted by Gasteiger charge is 2.08. The van der Waals surface area contributed by atoms with Crippen LogP contribution in [0.4, 0.5) is 0 Å². The molecule has 2 aromatic carbocycles. The zero-order valence-corrected chi connectivity index (χ0v) is 15.4. The van der Waals surface area contributed by atoms with Crippen molar-refractivity contribution in [3.05, 3.63) is 78.1 Å². The molecule has 0 fully saturated rings. The van der Waals surface area contributed by atoms with Gasteiger partial charge < -0.3 is 14.6 Å². The zero-order chi connectivity index (χ0) is 18.2. The van der Waals surface area contributed by atoms with Crippen LogP contribution < -0.4 is 10.1 Å². The Morgan fingerprint density at radius 2 is 1.96 bits per heavy atom. The topological polar surface area (TPSA) is 56.1 Å². The van der Waals surface area contributed by atoms with Crippen LogP contribution >= 0.6 is 11.8 Å². The normalized spacial score (nSPS) is 10.5. The molecule has 3 aromatic rings. The number of rotatable bonds is 8. The fraction of sp³-hybridized carbons (Fsp3) is 0.200. The lowest BCUT2D eigenvalue weighted by molar-refractivity contribution is -0.118. The number of thioether (sulfide) groups is 1. The third-order valence-electron chi connectivity index (χ3n) is 3.83. The van der Waals surface area contributed by atoms with Gasteiger partial charge in [-0.3, -0.25) is 4.79 Å². The Morgan fingerprint density at radius 3 is 2.77 bits per heavy atom. The highest BCUT2D eigenvalue weighted by Crippen LogP contribution is 2.17. The number of nitrogens with one attached hydrogen (secondary N) is 1. The SMILES string of the molecule is COc1cccc(CNC(=O)CSc2nccn2Cc2ccccc2)c1. The number of aromatic nitrogens is 2. The Kier molecular flexibility index (Phi) is 6.33. The first kappa shape index (κ1) is 18.1. The highest BCUT2D eigenvalue weighted by atomic mass is 32.2. The zero-order valence-electron chi connectivity index (χ0n) is 14.6. The molecule has 0 radical (unpaired) electrons. The lowest BCUT2D eigenvalue weighted by Crippen LogP contribution is -2.24. The minimum absolute atomic E-state index is 0.0212. The molecule has 0 saturated heterocycles. The van der Waals surface area contributed by atoms with Crippen LogP contribution in [0, 0.1) is 0 Å². The van der Waals surface area contributed by atoms with Gasteiger partial charge in [0, 0.05) is 25.5 Å². The van der Waals surface area contributed by atoms with E-state index in [0.29, 0.717) is 12.3 Å². The Balaban J connectivity index is 1.49. The first-order valence-electron chi connectivity index (χ1n) is 8.32. The fourth-order valence-corrected chi connectivity index (χ4v) is 3.29. The molecule has 3 rings (SSSR count). The summed E-state index contributed by atoms with van der Waals surface area (Å²) in [6, 6.07) is 17.9. The average molecular weight is 367 g/mol. The van der Waals surface area contributed by atoms with Gasteiger partial charge in [-0.15, -0.1) is 0 Å². The average Bonchev–Trinajstić information content (AvgIpc) is 3.12. The lowest BCUT2D eigenvalue weighted by atomic mass is 10.2. The molecular weight excluding hydrogens is 346 g/mol. The predicted molar refractivity (Wildman–Crippen MR) is 103 cm³/mol. The van der Waals surface area contributed by atoms with Crippen LogP contribution in [0.25, 0.3) is 0 Å². The van der Waals surface area contributed by atoms with Crippen LogP contribution in [0.15, 0.2) is 72.1 Å². The summed E-state index contributed by atoms with van der Waals surface area (Å²) in [7, 11) is 1.63. The number of hydrogen-bond acceptors (Lipinski definition) is 4. The molecule has 0 atom stereocenters. The molecule has 1 heterocycles.